The zero-order valence-corrected chi connectivity index (χ0v) is 24.4. The molecule has 7 N–H and O–H groups in total. The number of anilines is 2. The van der Waals surface area contributed by atoms with Crippen molar-refractivity contribution in [2.45, 2.75) is 24.4 Å². The summed E-state index contributed by atoms with van der Waals surface area (Å²) in [5.41, 5.74) is 12.6. The molecule has 3 atom stereocenters. The molecule has 0 aliphatic carbocycles. The van der Waals surface area contributed by atoms with Gasteiger partial charge in [-0.15, -0.1) is 0 Å². The van der Waals surface area contributed by atoms with E-state index in [1.165, 1.54) is 34.0 Å². The number of nitrogen functional groups attached to an aromatic ring is 1. The number of aliphatic hydroxyl groups excluding tert-OH is 1. The van der Waals surface area contributed by atoms with Gasteiger partial charge in [-0.2, -0.15) is 18.9 Å². The van der Waals surface area contributed by atoms with Crippen LogP contribution >= 0.6 is 33.8 Å². The highest BCUT2D eigenvalue weighted by Crippen LogP contribution is 2.42. The molecule has 1 aliphatic heterocycles. The Kier molecular flexibility index (Phi) is 12.7. The number of carbonyl (C=O) groups excluding carboxylic acids is 2. The lowest BCUT2D eigenvalue weighted by Crippen LogP contribution is -2.42. The normalized spacial score (nSPS) is 19.1. The fourth-order valence-corrected chi connectivity index (χ4v) is 4.98. The number of nitrogens with one attached hydrogen (secondary N) is 2. The lowest BCUT2D eigenvalue weighted by Gasteiger charge is -2.20. The summed E-state index contributed by atoms with van der Waals surface area (Å²) in [6, 6.07) is 4.33. The van der Waals surface area contributed by atoms with Gasteiger partial charge in [0.25, 0.3) is 0 Å². The van der Waals surface area contributed by atoms with Gasteiger partial charge in [0.1, 0.15) is 37.4 Å². The molecule has 0 radical (unpaired) electrons. The molecule has 1 amide bonds. The topological polar surface area (TPSA) is 228 Å². The van der Waals surface area contributed by atoms with E-state index in [4.69, 9.17) is 30.4 Å². The van der Waals surface area contributed by atoms with E-state index in [0.29, 0.717) is 27.5 Å². The third-order valence-electron chi connectivity index (χ3n) is 5.16. The maximum Gasteiger partial charge on any atom is 0.508 e. The summed E-state index contributed by atoms with van der Waals surface area (Å²) in [7, 11) is 2.66. The van der Waals surface area contributed by atoms with Gasteiger partial charge in [0.15, 0.2) is 11.2 Å². The van der Waals surface area contributed by atoms with Crippen LogP contribution in [0, 0.1) is 0 Å². The minimum atomic E-state index is -3.88. The summed E-state index contributed by atoms with van der Waals surface area (Å²) in [5.74, 6) is -3.31. The van der Waals surface area contributed by atoms with Crippen LogP contribution in [0.1, 0.15) is 11.9 Å². The highest BCUT2D eigenvalue weighted by molar-refractivity contribution is 8.76. The number of nitrogens with zero attached hydrogens (tertiary/aromatic N) is 4. The maximum absolute atomic E-state index is 14.5. The van der Waals surface area contributed by atoms with E-state index in [1.54, 1.807) is 12.1 Å². The number of amides is 1. The van der Waals surface area contributed by atoms with Crippen molar-refractivity contribution in [3.05, 3.63) is 46.8 Å². The first-order valence-corrected chi connectivity index (χ1v) is 15.0. The summed E-state index contributed by atoms with van der Waals surface area (Å²) in [6.45, 7) is -0.754. The number of aromatic nitrogens is 3. The molecule has 3 heterocycles. The Labute approximate surface area is 255 Å². The highest BCUT2D eigenvalue weighted by Gasteiger charge is 2.60. The zero-order valence-electron chi connectivity index (χ0n) is 22.0. The number of alkyl halides is 2. The number of carbonyl (C=O) groups is 2. The molecule has 1 fully saturated rings. The molecule has 2 aromatic rings. The Morgan fingerprint density at radius 2 is 1.98 bits per heavy atom. The summed E-state index contributed by atoms with van der Waals surface area (Å²) in [5, 5.41) is 16.3. The lowest BCUT2D eigenvalue weighted by molar-refractivity contribution is -0.141. The van der Waals surface area contributed by atoms with Gasteiger partial charge in [0.05, 0.1) is 11.9 Å². The molecule has 0 saturated carbocycles. The van der Waals surface area contributed by atoms with Gasteiger partial charge in [-0.1, -0.05) is 21.6 Å². The van der Waals surface area contributed by atoms with Crippen LogP contribution in [-0.2, 0) is 18.9 Å². The Bertz CT molecular complexity index is 1370. The Morgan fingerprint density at radius 1 is 1.26 bits per heavy atom. The molecular formula is C22H26F2N8O8S3. The van der Waals surface area contributed by atoms with Crippen LogP contribution in [0.15, 0.2) is 40.5 Å². The summed E-state index contributed by atoms with van der Waals surface area (Å²) >= 11 is 4.65. The number of aliphatic hydroxyl groups is 1. The number of nitrogens with two attached hydrogens (primary N) is 2. The standard InChI is InChI=1S/C22H26F2N8O8S3/c23-22(24)16(33)14(40-17(22)32-5-3-15(25)30-19(32)34)11-39-21(36)38-7-9-43-42-8-6-37-20(35)29-12-2-1-4-27-13(12)10-28-31-18(26)41/h1-5,10,14,16-17,33H,6-9,11H2,(H,29,35)(H2,25,30,34)(H3,26,31,41)/b28-10+. The van der Waals surface area contributed by atoms with E-state index in [0.717, 1.165) is 12.3 Å². The Hall–Kier alpha value is -3.79. The second kappa shape index (κ2) is 16.2. The lowest BCUT2D eigenvalue weighted by atomic mass is 10.1. The molecular weight excluding hydrogens is 638 g/mol. The third-order valence-corrected chi connectivity index (χ3v) is 7.58. The van der Waals surface area contributed by atoms with Gasteiger partial charge in [-0.3, -0.25) is 20.3 Å². The number of hydrogen-bond acceptors (Lipinski definition) is 15. The van der Waals surface area contributed by atoms with Crippen LogP contribution in [0.3, 0.4) is 0 Å². The van der Waals surface area contributed by atoms with Gasteiger partial charge in [0.2, 0.25) is 6.23 Å². The first-order chi connectivity index (χ1) is 20.5. The number of pyridine rings is 1. The van der Waals surface area contributed by atoms with Crippen molar-refractivity contribution in [3.63, 3.8) is 0 Å². The molecule has 16 nitrogen and oxygen atoms in total. The summed E-state index contributed by atoms with van der Waals surface area (Å²) in [4.78, 5) is 43.2. The van der Waals surface area contributed by atoms with Gasteiger partial charge >= 0.3 is 23.9 Å². The van der Waals surface area contributed by atoms with Gasteiger partial charge in [-0.05, 0) is 30.4 Å². The van der Waals surface area contributed by atoms with Gasteiger partial charge < -0.3 is 35.5 Å². The van der Waals surface area contributed by atoms with Crippen molar-refractivity contribution < 1.29 is 42.4 Å². The molecule has 0 aromatic carbocycles. The van der Waals surface area contributed by atoms with Crippen molar-refractivity contribution in [1.29, 1.82) is 0 Å². The molecule has 2 aromatic heterocycles. The van der Waals surface area contributed by atoms with Crippen molar-refractivity contribution >= 4 is 68.9 Å². The van der Waals surface area contributed by atoms with E-state index in [2.05, 4.69) is 38.0 Å². The SMILES string of the molecule is NC(=S)N/N=C/c1ncccc1NC(=O)OCCSSCCOC(=O)OCC1OC(n2ccc(N)nc2=O)C(F)(F)C1O. The van der Waals surface area contributed by atoms with Crippen LogP contribution in [0.4, 0.5) is 29.9 Å². The highest BCUT2D eigenvalue weighted by atomic mass is 33.1. The second-order valence-corrected chi connectivity index (χ2v) is 11.3. The number of ether oxygens (including phenoxy) is 4. The van der Waals surface area contributed by atoms with Crippen molar-refractivity contribution in [1.82, 2.24) is 20.0 Å². The van der Waals surface area contributed by atoms with E-state index in [1.807, 2.05) is 0 Å². The molecule has 234 valence electrons. The largest absolute Gasteiger partial charge is 0.508 e. The summed E-state index contributed by atoms with van der Waals surface area (Å²) in [6.07, 6.45) is -4.27. The first-order valence-electron chi connectivity index (χ1n) is 12.1. The Morgan fingerprint density at radius 3 is 2.67 bits per heavy atom. The van der Waals surface area contributed by atoms with Crippen LogP contribution in [0.2, 0.25) is 0 Å². The number of rotatable bonds is 13. The second-order valence-electron chi connectivity index (χ2n) is 8.17. The minimum Gasteiger partial charge on any atom is -0.448 e. The van der Waals surface area contributed by atoms with E-state index >= 15 is 0 Å². The number of hydrogen-bond donors (Lipinski definition) is 5. The van der Waals surface area contributed by atoms with Crippen molar-refractivity contribution in [3.8, 4) is 0 Å². The number of halogens is 2. The van der Waals surface area contributed by atoms with Gasteiger partial charge in [-0.25, -0.2) is 14.4 Å². The van der Waals surface area contributed by atoms with Gasteiger partial charge in [0, 0.05) is 23.9 Å². The molecule has 1 aliphatic rings. The fourth-order valence-electron chi connectivity index (χ4n) is 3.28. The number of thiocarbonyl (C=S) groups is 1. The molecule has 43 heavy (non-hydrogen) atoms. The molecule has 0 spiro atoms. The van der Waals surface area contributed by atoms with E-state index in [9.17, 15) is 28.3 Å². The zero-order chi connectivity index (χ0) is 31.4. The third kappa shape index (κ3) is 10.2. The number of hydrazone groups is 1. The van der Waals surface area contributed by atoms with E-state index in [-0.39, 0.29) is 24.1 Å². The average Bonchev–Trinajstić information content (AvgIpc) is 3.17. The predicted molar refractivity (Wildman–Crippen MR) is 157 cm³/mol. The molecule has 21 heteroatoms. The minimum absolute atomic E-state index is 0.0312. The monoisotopic (exact) mass is 664 g/mol. The molecule has 1 saturated heterocycles. The Balaban J connectivity index is 1.28. The van der Waals surface area contributed by atoms with Crippen LogP contribution < -0.4 is 27.9 Å². The fraction of sp³-hybridized carbons (Fsp3) is 0.409. The van der Waals surface area contributed by atoms with Crippen LogP contribution in [0.25, 0.3) is 0 Å². The first kappa shape index (κ1) is 33.7. The maximum atomic E-state index is 14.5. The average molecular weight is 665 g/mol. The van der Waals surface area contributed by atoms with Crippen molar-refractivity contribution in [2.24, 2.45) is 10.8 Å². The molecule has 3 unspecified atom stereocenters. The van der Waals surface area contributed by atoms with Crippen molar-refractivity contribution in [2.75, 3.05) is 42.4 Å². The smallest absolute Gasteiger partial charge is 0.448 e. The predicted octanol–water partition coefficient (Wildman–Crippen LogP) is 1.06. The van der Waals surface area contributed by atoms with Crippen LogP contribution in [0.5, 0.6) is 0 Å². The van der Waals surface area contributed by atoms with Crippen LogP contribution in [-0.4, -0.2) is 92.7 Å². The quantitative estimate of drug-likeness (QED) is 0.0504. The molecule has 0 bridgehead atoms. The summed E-state index contributed by atoms with van der Waals surface area (Å²) < 4.78 is 49.4. The van der Waals surface area contributed by atoms with E-state index < -0.39 is 48.9 Å². The molecule has 3 rings (SSSR count).